The number of rotatable bonds is 9. The summed E-state index contributed by atoms with van der Waals surface area (Å²) in [6, 6.07) is 6.98. The maximum atomic E-state index is 12.9. The Morgan fingerprint density at radius 2 is 1.93 bits per heavy atom. The van der Waals surface area contributed by atoms with Crippen LogP contribution in [-0.2, 0) is 19.1 Å². The number of methoxy groups -OCH3 is 1. The topological polar surface area (TPSA) is 84.9 Å². The van der Waals surface area contributed by atoms with Gasteiger partial charge in [0.05, 0.1) is 19.1 Å². The molecular weight excluding hydrogens is 372 g/mol. The van der Waals surface area contributed by atoms with E-state index in [1.807, 2.05) is 38.1 Å². The molecule has 29 heavy (non-hydrogen) atoms. The molecule has 2 atom stereocenters. The molecule has 2 rings (SSSR count). The normalized spacial score (nSPS) is 19.2. The van der Waals surface area contributed by atoms with Crippen molar-refractivity contribution in [2.45, 2.75) is 58.5 Å². The molecule has 160 valence electrons. The molecule has 0 radical (unpaired) electrons. The average molecular weight is 405 g/mol. The SMILES string of the molecule is CCCCN1C(=O)CC[C@@H](C(=O)OCC(=O)NC(C)C)[C@H]1c1ccc(OC)cc1. The maximum Gasteiger partial charge on any atom is 0.311 e. The van der Waals surface area contributed by atoms with E-state index in [9.17, 15) is 14.4 Å². The third-order valence-electron chi connectivity index (χ3n) is 5.01. The third kappa shape index (κ3) is 6.21. The molecular formula is C22H32N2O5. The number of carbonyl (C=O) groups is 3. The number of unbranched alkanes of at least 4 members (excludes halogenated alkanes) is 1. The second-order valence-corrected chi connectivity index (χ2v) is 7.63. The zero-order chi connectivity index (χ0) is 21.4. The highest BCUT2D eigenvalue weighted by molar-refractivity contribution is 5.84. The summed E-state index contributed by atoms with van der Waals surface area (Å²) in [5, 5.41) is 2.71. The van der Waals surface area contributed by atoms with Crippen LogP contribution in [0.5, 0.6) is 5.75 Å². The Kier molecular flexibility index (Phi) is 8.49. The minimum Gasteiger partial charge on any atom is -0.497 e. The van der Waals surface area contributed by atoms with E-state index >= 15 is 0 Å². The number of amides is 2. The van der Waals surface area contributed by atoms with Crippen molar-refractivity contribution in [2.75, 3.05) is 20.3 Å². The van der Waals surface area contributed by atoms with Crippen molar-refractivity contribution in [2.24, 2.45) is 5.92 Å². The Morgan fingerprint density at radius 1 is 1.24 bits per heavy atom. The molecule has 0 aliphatic carbocycles. The zero-order valence-electron chi connectivity index (χ0n) is 17.8. The number of hydrogen-bond acceptors (Lipinski definition) is 5. The Hall–Kier alpha value is -2.57. The minimum absolute atomic E-state index is 0.0231. The molecule has 1 aromatic rings. The van der Waals surface area contributed by atoms with Gasteiger partial charge < -0.3 is 19.7 Å². The van der Waals surface area contributed by atoms with Gasteiger partial charge in [0.25, 0.3) is 5.91 Å². The Morgan fingerprint density at radius 3 is 2.52 bits per heavy atom. The predicted molar refractivity (Wildman–Crippen MR) is 109 cm³/mol. The molecule has 1 aromatic carbocycles. The van der Waals surface area contributed by atoms with Gasteiger partial charge in [-0.1, -0.05) is 25.5 Å². The summed E-state index contributed by atoms with van der Waals surface area (Å²) in [4.78, 5) is 39.1. The van der Waals surface area contributed by atoms with Crippen LogP contribution in [0.4, 0.5) is 0 Å². The van der Waals surface area contributed by atoms with Crippen molar-refractivity contribution < 1.29 is 23.9 Å². The number of hydrogen-bond donors (Lipinski definition) is 1. The monoisotopic (exact) mass is 404 g/mol. The van der Waals surface area contributed by atoms with Crippen molar-refractivity contribution in [1.82, 2.24) is 10.2 Å². The first kappa shape index (κ1) is 22.7. The molecule has 7 heteroatoms. The number of nitrogens with zero attached hydrogens (tertiary/aromatic N) is 1. The van der Waals surface area contributed by atoms with E-state index in [1.165, 1.54) is 0 Å². The van der Waals surface area contributed by atoms with E-state index < -0.39 is 17.9 Å². The Labute approximate surface area is 172 Å². The van der Waals surface area contributed by atoms with Crippen molar-refractivity contribution in [3.05, 3.63) is 29.8 Å². The predicted octanol–water partition coefficient (Wildman–Crippen LogP) is 2.84. The van der Waals surface area contributed by atoms with Crippen molar-refractivity contribution in [1.29, 1.82) is 0 Å². The van der Waals surface area contributed by atoms with Crippen LogP contribution >= 0.6 is 0 Å². The fourth-order valence-electron chi connectivity index (χ4n) is 3.61. The second-order valence-electron chi connectivity index (χ2n) is 7.63. The fourth-order valence-corrected chi connectivity index (χ4v) is 3.61. The van der Waals surface area contributed by atoms with Crippen LogP contribution in [0.1, 0.15) is 58.1 Å². The number of likely N-dealkylation sites (tertiary alicyclic amines) is 1. The molecule has 1 aliphatic rings. The number of esters is 1. The summed E-state index contributed by atoms with van der Waals surface area (Å²) in [5.74, 6) is -0.533. The summed E-state index contributed by atoms with van der Waals surface area (Å²) in [5.41, 5.74) is 0.864. The standard InChI is InChI=1S/C22H32N2O5/c1-5-6-13-24-20(26)12-11-18(22(27)29-14-19(25)23-15(2)3)21(24)16-7-9-17(28-4)10-8-16/h7-10,15,18,21H,5-6,11-14H2,1-4H3,(H,23,25)/t18-,21-/m1/s1. The fraction of sp³-hybridized carbons (Fsp3) is 0.591. The molecule has 7 nitrogen and oxygen atoms in total. The van der Waals surface area contributed by atoms with Gasteiger partial charge in [-0.15, -0.1) is 0 Å². The number of piperidine rings is 1. The van der Waals surface area contributed by atoms with Crippen molar-refractivity contribution in [3.8, 4) is 5.75 Å². The quantitative estimate of drug-likeness (QED) is 0.640. The molecule has 0 spiro atoms. The molecule has 1 saturated heterocycles. The number of nitrogens with one attached hydrogen (secondary N) is 1. The number of ether oxygens (including phenoxy) is 2. The van der Waals surface area contributed by atoms with E-state index in [1.54, 1.807) is 12.0 Å². The lowest BCUT2D eigenvalue weighted by Gasteiger charge is -2.40. The Bertz CT molecular complexity index is 702. The van der Waals surface area contributed by atoms with Crippen LogP contribution < -0.4 is 10.1 Å². The summed E-state index contributed by atoms with van der Waals surface area (Å²) in [7, 11) is 1.59. The third-order valence-corrected chi connectivity index (χ3v) is 5.01. The summed E-state index contributed by atoms with van der Waals surface area (Å²) in [6.45, 7) is 6.03. The number of carbonyl (C=O) groups excluding carboxylic acids is 3. The van der Waals surface area contributed by atoms with E-state index in [0.29, 0.717) is 25.1 Å². The highest BCUT2D eigenvalue weighted by Crippen LogP contribution is 2.38. The van der Waals surface area contributed by atoms with Crippen LogP contribution in [0.3, 0.4) is 0 Å². The first-order chi connectivity index (χ1) is 13.9. The first-order valence-electron chi connectivity index (χ1n) is 10.3. The van der Waals surface area contributed by atoms with E-state index in [-0.39, 0.29) is 24.5 Å². The van der Waals surface area contributed by atoms with Gasteiger partial charge >= 0.3 is 5.97 Å². The molecule has 0 unspecified atom stereocenters. The van der Waals surface area contributed by atoms with Gasteiger partial charge in [0.2, 0.25) is 5.91 Å². The zero-order valence-corrected chi connectivity index (χ0v) is 17.8. The van der Waals surface area contributed by atoms with E-state index in [2.05, 4.69) is 12.2 Å². The van der Waals surface area contributed by atoms with Crippen molar-refractivity contribution in [3.63, 3.8) is 0 Å². The van der Waals surface area contributed by atoms with Gasteiger partial charge in [-0.2, -0.15) is 0 Å². The molecule has 1 aliphatic heterocycles. The molecule has 0 saturated carbocycles. The molecule has 1 N–H and O–H groups in total. The van der Waals surface area contributed by atoms with E-state index in [0.717, 1.165) is 18.4 Å². The summed E-state index contributed by atoms with van der Waals surface area (Å²) in [6.07, 6.45) is 2.51. The lowest BCUT2D eigenvalue weighted by molar-refractivity contribution is -0.160. The highest BCUT2D eigenvalue weighted by atomic mass is 16.5. The summed E-state index contributed by atoms with van der Waals surface area (Å²) < 4.78 is 10.5. The molecule has 0 bridgehead atoms. The van der Waals surface area contributed by atoms with Crippen LogP contribution in [-0.4, -0.2) is 49.0 Å². The van der Waals surface area contributed by atoms with Gasteiger partial charge in [-0.05, 0) is 44.4 Å². The maximum absolute atomic E-state index is 12.9. The second kappa shape index (κ2) is 10.8. The number of benzene rings is 1. The van der Waals surface area contributed by atoms with Crippen LogP contribution in [0.15, 0.2) is 24.3 Å². The average Bonchev–Trinajstić information content (AvgIpc) is 2.70. The van der Waals surface area contributed by atoms with Gasteiger partial charge in [-0.3, -0.25) is 14.4 Å². The molecule has 2 amide bonds. The first-order valence-corrected chi connectivity index (χ1v) is 10.3. The molecule has 0 aromatic heterocycles. The molecule has 1 heterocycles. The lowest BCUT2D eigenvalue weighted by Crippen LogP contribution is -2.46. The Balaban J connectivity index is 2.23. The minimum atomic E-state index is -0.509. The van der Waals surface area contributed by atoms with Gasteiger partial charge in [0.15, 0.2) is 6.61 Å². The smallest absolute Gasteiger partial charge is 0.311 e. The van der Waals surface area contributed by atoms with Gasteiger partial charge in [-0.25, -0.2) is 0 Å². The van der Waals surface area contributed by atoms with E-state index in [4.69, 9.17) is 9.47 Å². The van der Waals surface area contributed by atoms with Crippen LogP contribution in [0.2, 0.25) is 0 Å². The van der Waals surface area contributed by atoms with Gasteiger partial charge in [0.1, 0.15) is 5.75 Å². The van der Waals surface area contributed by atoms with Crippen molar-refractivity contribution >= 4 is 17.8 Å². The van der Waals surface area contributed by atoms with Crippen LogP contribution in [0, 0.1) is 5.92 Å². The van der Waals surface area contributed by atoms with Gasteiger partial charge in [0, 0.05) is 19.0 Å². The lowest BCUT2D eigenvalue weighted by atomic mass is 9.84. The highest BCUT2D eigenvalue weighted by Gasteiger charge is 2.41. The molecule has 1 fully saturated rings. The van der Waals surface area contributed by atoms with Crippen LogP contribution in [0.25, 0.3) is 0 Å². The summed E-state index contributed by atoms with van der Waals surface area (Å²) >= 11 is 0. The largest absolute Gasteiger partial charge is 0.497 e.